The van der Waals surface area contributed by atoms with Crippen LogP contribution in [0.25, 0.3) is 0 Å². The fourth-order valence-electron chi connectivity index (χ4n) is 5.20. The molecule has 0 bridgehead atoms. The predicted molar refractivity (Wildman–Crippen MR) is 113 cm³/mol. The van der Waals surface area contributed by atoms with E-state index in [-0.39, 0.29) is 36.2 Å². The van der Waals surface area contributed by atoms with E-state index in [0.717, 1.165) is 6.42 Å². The summed E-state index contributed by atoms with van der Waals surface area (Å²) in [6, 6.07) is 8.84. The molecule has 1 unspecified atom stereocenters. The summed E-state index contributed by atoms with van der Waals surface area (Å²) < 4.78 is 31.4. The van der Waals surface area contributed by atoms with Crippen LogP contribution < -0.4 is 0 Å². The Morgan fingerprint density at radius 1 is 1.29 bits per heavy atom. The quantitative estimate of drug-likeness (QED) is 0.425. The molecule has 1 saturated heterocycles. The van der Waals surface area contributed by atoms with Crippen LogP contribution in [0, 0.1) is 17.8 Å². The molecule has 2 saturated carbocycles. The van der Waals surface area contributed by atoms with Crippen molar-refractivity contribution in [3.05, 3.63) is 60.6 Å². The van der Waals surface area contributed by atoms with E-state index >= 15 is 0 Å². The summed E-state index contributed by atoms with van der Waals surface area (Å²) in [4.78, 5) is 24.9. The first kappa shape index (κ1) is 21.6. The van der Waals surface area contributed by atoms with Crippen molar-refractivity contribution >= 4 is 11.8 Å². The maximum atomic E-state index is 14.1. The van der Waals surface area contributed by atoms with E-state index in [1.54, 1.807) is 30.3 Å². The monoisotopic (exact) mass is 428 g/mol. The standard InChI is InChI=1S/C25H29FO5/c1-3-4-10-21(26)22(27)12-11-19-20-15-25(30-16(2)31-25)14-18(20)13-23(19)29-24(28)17-8-6-5-7-9-17/h5-9,11-12,18-21,23H,2-4,10,13-15H2,1H3/b12-11+/t18-,19-,20+,21?,23-/m1/s1. The zero-order valence-corrected chi connectivity index (χ0v) is 17.8. The Morgan fingerprint density at radius 3 is 2.71 bits per heavy atom. The zero-order chi connectivity index (χ0) is 22.0. The van der Waals surface area contributed by atoms with Crippen molar-refractivity contribution < 1.29 is 28.2 Å². The summed E-state index contributed by atoms with van der Waals surface area (Å²) in [6.45, 7) is 5.63. The van der Waals surface area contributed by atoms with Crippen LogP contribution in [0.4, 0.5) is 4.39 Å². The van der Waals surface area contributed by atoms with Crippen molar-refractivity contribution in [3.8, 4) is 0 Å². The van der Waals surface area contributed by atoms with Crippen LogP contribution in [0.3, 0.4) is 0 Å². The summed E-state index contributed by atoms with van der Waals surface area (Å²) in [5, 5.41) is 0. The molecule has 1 heterocycles. The highest BCUT2D eigenvalue weighted by Gasteiger charge is 2.60. The number of unbranched alkanes of at least 4 members (excludes halogenated alkanes) is 1. The number of hydrogen-bond acceptors (Lipinski definition) is 5. The van der Waals surface area contributed by atoms with Gasteiger partial charge in [0.25, 0.3) is 11.7 Å². The second-order valence-corrected chi connectivity index (χ2v) is 8.81. The number of carbonyl (C=O) groups is 2. The highest BCUT2D eigenvalue weighted by atomic mass is 19.1. The van der Waals surface area contributed by atoms with Crippen LogP contribution in [0.1, 0.15) is 55.8 Å². The van der Waals surface area contributed by atoms with Crippen LogP contribution in [0.5, 0.6) is 0 Å². The number of esters is 1. The van der Waals surface area contributed by atoms with E-state index in [1.807, 2.05) is 13.0 Å². The molecule has 0 aromatic heterocycles. The van der Waals surface area contributed by atoms with Crippen molar-refractivity contribution in [1.82, 2.24) is 0 Å². The third kappa shape index (κ3) is 4.53. The first-order valence-corrected chi connectivity index (χ1v) is 11.1. The molecule has 0 N–H and O–H groups in total. The number of alkyl halides is 1. The third-order valence-electron chi connectivity index (χ3n) is 6.65. The molecule has 1 aromatic rings. The second-order valence-electron chi connectivity index (χ2n) is 8.81. The minimum absolute atomic E-state index is 0.124. The lowest BCUT2D eigenvalue weighted by Crippen LogP contribution is -2.43. The van der Waals surface area contributed by atoms with Gasteiger partial charge in [0.1, 0.15) is 6.10 Å². The van der Waals surface area contributed by atoms with Gasteiger partial charge in [-0.15, -0.1) is 0 Å². The predicted octanol–water partition coefficient (Wildman–Crippen LogP) is 5.13. The Balaban J connectivity index is 1.48. The van der Waals surface area contributed by atoms with Crippen molar-refractivity contribution in [2.24, 2.45) is 17.8 Å². The van der Waals surface area contributed by atoms with Gasteiger partial charge in [0.2, 0.25) is 0 Å². The molecular weight excluding hydrogens is 399 g/mol. The van der Waals surface area contributed by atoms with Crippen LogP contribution in [-0.2, 0) is 19.0 Å². The molecule has 1 aliphatic heterocycles. The lowest BCUT2D eigenvalue weighted by atomic mass is 9.90. The normalized spacial score (nSPS) is 29.2. The number of carbonyl (C=O) groups excluding carboxylic acids is 2. The second kappa shape index (κ2) is 8.85. The molecule has 5 nitrogen and oxygen atoms in total. The molecule has 3 fully saturated rings. The van der Waals surface area contributed by atoms with Crippen LogP contribution in [0.15, 0.2) is 55.0 Å². The number of ether oxygens (including phenoxy) is 3. The lowest BCUT2D eigenvalue weighted by Gasteiger charge is -2.41. The zero-order valence-electron chi connectivity index (χ0n) is 17.8. The topological polar surface area (TPSA) is 61.8 Å². The largest absolute Gasteiger partial charge is 0.458 e. The number of allylic oxidation sites excluding steroid dienone is 1. The van der Waals surface area contributed by atoms with E-state index in [1.165, 1.54) is 6.08 Å². The number of rotatable bonds is 8. The third-order valence-corrected chi connectivity index (χ3v) is 6.65. The average Bonchev–Trinajstić information content (AvgIpc) is 3.25. The van der Waals surface area contributed by atoms with Gasteiger partial charge < -0.3 is 14.2 Å². The summed E-state index contributed by atoms with van der Waals surface area (Å²) in [5.41, 5.74) is 0.486. The van der Waals surface area contributed by atoms with Gasteiger partial charge in [-0.2, -0.15) is 0 Å². The average molecular weight is 429 g/mol. The number of fused-ring (bicyclic) bond motifs is 1. The molecule has 5 atom stereocenters. The fourth-order valence-corrected chi connectivity index (χ4v) is 5.20. The first-order chi connectivity index (χ1) is 14.9. The maximum absolute atomic E-state index is 14.1. The molecule has 3 aliphatic rings. The highest BCUT2D eigenvalue weighted by molar-refractivity contribution is 5.93. The van der Waals surface area contributed by atoms with Gasteiger partial charge in [0.15, 0.2) is 12.0 Å². The Hall–Kier alpha value is -2.63. The van der Waals surface area contributed by atoms with Gasteiger partial charge in [-0.25, -0.2) is 9.18 Å². The van der Waals surface area contributed by atoms with E-state index in [9.17, 15) is 14.0 Å². The van der Waals surface area contributed by atoms with Crippen LogP contribution in [-0.4, -0.2) is 29.8 Å². The van der Waals surface area contributed by atoms with E-state index in [4.69, 9.17) is 14.2 Å². The molecule has 0 amide bonds. The van der Waals surface area contributed by atoms with Gasteiger partial charge >= 0.3 is 5.97 Å². The molecule has 31 heavy (non-hydrogen) atoms. The van der Waals surface area contributed by atoms with Crippen LogP contribution >= 0.6 is 0 Å². The SMILES string of the molecule is C=C1OC2(C[C@H]3C[C@@H](OC(=O)c4ccccc4)[C@H](/C=C/C(=O)C(F)CCCC)[C@H]3C2)O1. The van der Waals surface area contributed by atoms with Gasteiger partial charge in [-0.1, -0.05) is 44.0 Å². The van der Waals surface area contributed by atoms with Crippen LogP contribution in [0.2, 0.25) is 0 Å². The van der Waals surface area contributed by atoms with Crippen molar-refractivity contribution in [1.29, 1.82) is 0 Å². The minimum Gasteiger partial charge on any atom is -0.458 e. The van der Waals surface area contributed by atoms with Crippen molar-refractivity contribution in [2.45, 2.75) is 63.5 Å². The Labute approximate surface area is 182 Å². The first-order valence-electron chi connectivity index (χ1n) is 11.1. The molecule has 0 radical (unpaired) electrons. The molecule has 6 heteroatoms. The van der Waals surface area contributed by atoms with Gasteiger partial charge in [0.05, 0.1) is 5.56 Å². The summed E-state index contributed by atoms with van der Waals surface area (Å²) in [6.07, 6.45) is 4.94. The van der Waals surface area contributed by atoms with Gasteiger partial charge in [-0.3, -0.25) is 4.79 Å². The molecule has 166 valence electrons. The number of hydrogen-bond donors (Lipinski definition) is 0. The number of ketones is 1. The smallest absolute Gasteiger partial charge is 0.338 e. The van der Waals surface area contributed by atoms with Gasteiger partial charge in [-0.05, 0) is 49.5 Å². The molecule has 1 spiro atoms. The molecule has 2 aliphatic carbocycles. The molecular formula is C25H29FO5. The summed E-state index contributed by atoms with van der Waals surface area (Å²) >= 11 is 0. The molecule has 4 rings (SSSR count). The fraction of sp³-hybridized carbons (Fsp3) is 0.520. The maximum Gasteiger partial charge on any atom is 0.338 e. The van der Waals surface area contributed by atoms with E-state index in [0.29, 0.717) is 37.2 Å². The lowest BCUT2D eigenvalue weighted by molar-refractivity contribution is -0.332. The van der Waals surface area contributed by atoms with E-state index in [2.05, 4.69) is 6.58 Å². The Kier molecular flexibility index (Phi) is 6.17. The van der Waals surface area contributed by atoms with Gasteiger partial charge in [0, 0.05) is 18.8 Å². The number of halogens is 1. The molecule has 1 aromatic carbocycles. The van der Waals surface area contributed by atoms with Crippen molar-refractivity contribution in [2.75, 3.05) is 0 Å². The summed E-state index contributed by atoms with van der Waals surface area (Å²) in [7, 11) is 0. The number of benzene rings is 1. The van der Waals surface area contributed by atoms with E-state index < -0.39 is 17.7 Å². The summed E-state index contributed by atoms with van der Waals surface area (Å²) in [5.74, 6) is -1.08. The highest BCUT2D eigenvalue weighted by Crippen LogP contribution is 2.58. The minimum atomic E-state index is -1.49. The Morgan fingerprint density at radius 2 is 2.03 bits per heavy atom. The van der Waals surface area contributed by atoms with Crippen molar-refractivity contribution in [3.63, 3.8) is 0 Å². The Bertz CT molecular complexity index is 856.